The molecule has 20 heavy (non-hydrogen) atoms. The third kappa shape index (κ3) is 3.04. The lowest BCUT2D eigenvalue weighted by Crippen LogP contribution is -2.27. The van der Waals surface area contributed by atoms with E-state index in [0.29, 0.717) is 11.6 Å². The molecule has 0 saturated carbocycles. The number of halogens is 2. The summed E-state index contributed by atoms with van der Waals surface area (Å²) < 4.78 is 4.21. The van der Waals surface area contributed by atoms with Gasteiger partial charge in [0, 0.05) is 33.0 Å². The minimum absolute atomic E-state index is 0.228. The Labute approximate surface area is 130 Å². The van der Waals surface area contributed by atoms with Gasteiger partial charge >= 0.3 is 0 Å². The third-order valence-corrected chi connectivity index (χ3v) is 3.77. The Bertz CT molecular complexity index is 636. The predicted octanol–water partition coefficient (Wildman–Crippen LogP) is 2.32. The van der Waals surface area contributed by atoms with E-state index in [9.17, 15) is 4.79 Å². The van der Waals surface area contributed by atoms with E-state index < -0.39 is 0 Å². The summed E-state index contributed by atoms with van der Waals surface area (Å²) in [5.74, 6) is -0.228. The van der Waals surface area contributed by atoms with Crippen molar-refractivity contribution in [3.05, 3.63) is 33.3 Å². The Kier molecular flexibility index (Phi) is 4.49. The molecule has 0 aliphatic carbocycles. The highest BCUT2D eigenvalue weighted by atomic mass is 79.9. The number of aromatic nitrogens is 4. The summed E-state index contributed by atoms with van der Waals surface area (Å²) in [6, 6.07) is 0. The Morgan fingerprint density at radius 2 is 2.15 bits per heavy atom. The minimum atomic E-state index is -0.228. The van der Waals surface area contributed by atoms with Crippen LogP contribution in [0, 0.1) is 0 Å². The number of hydrogen-bond acceptors (Lipinski definition) is 3. The lowest BCUT2D eigenvalue weighted by molar-refractivity contribution is 0.0776. The van der Waals surface area contributed by atoms with Crippen LogP contribution in [0.3, 0.4) is 0 Å². The predicted molar refractivity (Wildman–Crippen MR) is 79.6 cm³/mol. The molecule has 0 bridgehead atoms. The number of carbonyl (C=O) groups is 1. The van der Waals surface area contributed by atoms with Gasteiger partial charge in [0.1, 0.15) is 0 Å². The van der Waals surface area contributed by atoms with Crippen molar-refractivity contribution in [3.63, 3.8) is 0 Å². The molecule has 108 valence electrons. The second-order valence-corrected chi connectivity index (χ2v) is 5.70. The third-order valence-electron chi connectivity index (χ3n) is 2.83. The molecule has 0 N–H and O–H groups in total. The van der Waals surface area contributed by atoms with Crippen LogP contribution in [-0.2, 0) is 20.1 Å². The molecule has 2 heterocycles. The maximum absolute atomic E-state index is 12.3. The first-order valence-electron chi connectivity index (χ1n) is 6.08. The summed E-state index contributed by atoms with van der Waals surface area (Å²) in [5.41, 5.74) is 1.05. The van der Waals surface area contributed by atoms with Crippen LogP contribution >= 0.6 is 27.5 Å². The number of rotatable bonds is 4. The van der Waals surface area contributed by atoms with Gasteiger partial charge in [-0.2, -0.15) is 10.2 Å². The zero-order valence-electron chi connectivity index (χ0n) is 11.5. The molecule has 0 aliphatic heterocycles. The highest BCUT2D eigenvalue weighted by Crippen LogP contribution is 2.19. The Morgan fingerprint density at radius 3 is 2.65 bits per heavy atom. The molecule has 0 aliphatic rings. The van der Waals surface area contributed by atoms with E-state index in [4.69, 9.17) is 11.6 Å². The molecular weight excluding hydrogens is 346 g/mol. The molecule has 0 saturated heterocycles. The van der Waals surface area contributed by atoms with E-state index in [1.54, 1.807) is 25.2 Å². The molecule has 2 aromatic heterocycles. The average molecular weight is 361 g/mol. The van der Waals surface area contributed by atoms with Gasteiger partial charge in [-0.3, -0.25) is 14.2 Å². The highest BCUT2D eigenvalue weighted by molar-refractivity contribution is 9.10. The van der Waals surface area contributed by atoms with Gasteiger partial charge < -0.3 is 4.90 Å². The monoisotopic (exact) mass is 359 g/mol. The first-order valence-corrected chi connectivity index (χ1v) is 7.26. The molecule has 0 unspecified atom stereocenters. The Morgan fingerprint density at radius 1 is 1.45 bits per heavy atom. The quantitative estimate of drug-likeness (QED) is 0.841. The van der Waals surface area contributed by atoms with E-state index in [2.05, 4.69) is 26.1 Å². The van der Waals surface area contributed by atoms with E-state index >= 15 is 0 Å². The van der Waals surface area contributed by atoms with Crippen LogP contribution in [0.4, 0.5) is 0 Å². The summed E-state index contributed by atoms with van der Waals surface area (Å²) in [7, 11) is 3.42. The molecule has 2 rings (SSSR count). The van der Waals surface area contributed by atoms with Crippen LogP contribution in [0.2, 0.25) is 5.02 Å². The minimum Gasteiger partial charge on any atom is -0.334 e. The van der Waals surface area contributed by atoms with Gasteiger partial charge in [0.2, 0.25) is 0 Å². The van der Waals surface area contributed by atoms with Gasteiger partial charge in [0.05, 0.1) is 21.7 Å². The van der Waals surface area contributed by atoms with Gasteiger partial charge in [-0.15, -0.1) is 0 Å². The van der Waals surface area contributed by atoms with Crippen LogP contribution in [0.1, 0.15) is 23.1 Å². The number of carbonyl (C=O) groups excluding carboxylic acids is 1. The SMILES string of the molecule is CCn1cc(Br)c(CN(C)C(=O)c2nn(C)cc2Cl)n1. The summed E-state index contributed by atoms with van der Waals surface area (Å²) >= 11 is 9.43. The van der Waals surface area contributed by atoms with Crippen molar-refractivity contribution in [2.75, 3.05) is 7.05 Å². The number of hydrogen-bond donors (Lipinski definition) is 0. The van der Waals surface area contributed by atoms with Crippen molar-refractivity contribution in [2.24, 2.45) is 7.05 Å². The maximum Gasteiger partial charge on any atom is 0.276 e. The van der Waals surface area contributed by atoms with Crippen molar-refractivity contribution >= 4 is 33.4 Å². The summed E-state index contributed by atoms with van der Waals surface area (Å²) in [4.78, 5) is 13.8. The van der Waals surface area contributed by atoms with E-state index in [-0.39, 0.29) is 11.6 Å². The largest absolute Gasteiger partial charge is 0.334 e. The average Bonchev–Trinajstić information content (AvgIpc) is 2.91. The van der Waals surface area contributed by atoms with Gasteiger partial charge in [0.25, 0.3) is 5.91 Å². The second kappa shape index (κ2) is 5.97. The van der Waals surface area contributed by atoms with Crippen molar-refractivity contribution in [1.29, 1.82) is 0 Å². The van der Waals surface area contributed by atoms with Crippen LogP contribution < -0.4 is 0 Å². The molecule has 1 amide bonds. The summed E-state index contributed by atoms with van der Waals surface area (Å²) in [6.07, 6.45) is 3.49. The summed E-state index contributed by atoms with van der Waals surface area (Å²) in [5, 5.41) is 8.81. The Hall–Kier alpha value is -1.34. The number of nitrogens with zero attached hydrogens (tertiary/aromatic N) is 5. The van der Waals surface area contributed by atoms with Crippen LogP contribution in [0.5, 0.6) is 0 Å². The zero-order valence-corrected chi connectivity index (χ0v) is 13.8. The molecule has 8 heteroatoms. The fraction of sp³-hybridized carbons (Fsp3) is 0.417. The first kappa shape index (κ1) is 15.1. The number of amides is 1. The normalized spacial score (nSPS) is 10.8. The summed E-state index contributed by atoms with van der Waals surface area (Å²) in [6.45, 7) is 3.17. The molecule has 0 radical (unpaired) electrons. The zero-order chi connectivity index (χ0) is 14.9. The van der Waals surface area contributed by atoms with Crippen molar-refractivity contribution in [2.45, 2.75) is 20.0 Å². The van der Waals surface area contributed by atoms with Crippen LogP contribution in [0.15, 0.2) is 16.9 Å². The van der Waals surface area contributed by atoms with Crippen molar-refractivity contribution in [1.82, 2.24) is 24.5 Å². The van der Waals surface area contributed by atoms with Crippen LogP contribution in [-0.4, -0.2) is 37.4 Å². The van der Waals surface area contributed by atoms with Gasteiger partial charge in [-0.1, -0.05) is 11.6 Å². The topological polar surface area (TPSA) is 56.0 Å². The van der Waals surface area contributed by atoms with Gasteiger partial charge in [0.15, 0.2) is 5.69 Å². The molecule has 0 aromatic carbocycles. The van der Waals surface area contributed by atoms with Gasteiger partial charge in [-0.25, -0.2) is 0 Å². The number of aryl methyl sites for hydroxylation is 2. The first-order chi connectivity index (χ1) is 9.42. The lowest BCUT2D eigenvalue weighted by atomic mass is 10.3. The fourth-order valence-electron chi connectivity index (χ4n) is 1.79. The van der Waals surface area contributed by atoms with Crippen molar-refractivity contribution in [3.8, 4) is 0 Å². The Balaban J connectivity index is 2.15. The van der Waals surface area contributed by atoms with Crippen molar-refractivity contribution < 1.29 is 4.79 Å². The molecule has 6 nitrogen and oxygen atoms in total. The smallest absolute Gasteiger partial charge is 0.276 e. The molecular formula is C12H15BrClN5O. The molecule has 2 aromatic rings. The van der Waals surface area contributed by atoms with Crippen LogP contribution in [0.25, 0.3) is 0 Å². The molecule has 0 spiro atoms. The highest BCUT2D eigenvalue weighted by Gasteiger charge is 2.20. The van der Waals surface area contributed by atoms with E-state index in [1.165, 1.54) is 4.68 Å². The van der Waals surface area contributed by atoms with Gasteiger partial charge in [-0.05, 0) is 22.9 Å². The molecule has 0 atom stereocenters. The second-order valence-electron chi connectivity index (χ2n) is 4.44. The standard InChI is InChI=1S/C12H15BrClN5O/c1-4-19-5-8(13)10(15-19)7-17(2)12(20)11-9(14)6-18(3)16-11/h5-6H,4,7H2,1-3H3. The lowest BCUT2D eigenvalue weighted by Gasteiger charge is -2.14. The fourth-order valence-corrected chi connectivity index (χ4v) is 2.49. The maximum atomic E-state index is 12.3. The van der Waals surface area contributed by atoms with E-state index in [0.717, 1.165) is 16.7 Å². The molecule has 0 fully saturated rings. The van der Waals surface area contributed by atoms with E-state index in [1.807, 2.05) is 17.8 Å².